The molecule has 0 atom stereocenters. The van der Waals surface area contributed by atoms with Crippen LogP contribution in [0.15, 0.2) is 17.0 Å². The van der Waals surface area contributed by atoms with Gasteiger partial charge >= 0.3 is 0 Å². The van der Waals surface area contributed by atoms with Crippen molar-refractivity contribution < 1.29 is 4.79 Å². The number of hydrogen-bond donors (Lipinski definition) is 2. The molecule has 5 heteroatoms. The number of thioether (sulfide) groups is 1. The third-order valence-electron chi connectivity index (χ3n) is 1.96. The molecule has 74 valence electrons. The van der Waals surface area contributed by atoms with Gasteiger partial charge in [-0.1, -0.05) is 11.6 Å². The normalized spacial score (nSPS) is 15.6. The lowest BCUT2D eigenvalue weighted by Gasteiger charge is -2.08. The zero-order valence-electron chi connectivity index (χ0n) is 7.34. The van der Waals surface area contributed by atoms with E-state index in [9.17, 15) is 4.79 Å². The lowest BCUT2D eigenvalue weighted by atomic mass is 10.2. The molecule has 3 N–H and O–H groups in total. The molecule has 2 rings (SSSR count). The third-order valence-corrected chi connectivity index (χ3v) is 3.34. The molecule has 1 aromatic rings. The van der Waals surface area contributed by atoms with Crippen molar-refractivity contribution in [3.63, 3.8) is 0 Å². The first-order valence-electron chi connectivity index (χ1n) is 4.18. The summed E-state index contributed by atoms with van der Waals surface area (Å²) in [4.78, 5) is 12.2. The van der Waals surface area contributed by atoms with Crippen LogP contribution in [0.5, 0.6) is 0 Å². The molecule has 0 fully saturated rings. The highest BCUT2D eigenvalue weighted by molar-refractivity contribution is 7.99. The lowest BCUT2D eigenvalue weighted by Crippen LogP contribution is -2.10. The van der Waals surface area contributed by atoms with Crippen LogP contribution in [0.3, 0.4) is 0 Å². The van der Waals surface area contributed by atoms with E-state index in [1.807, 2.05) is 0 Å². The summed E-state index contributed by atoms with van der Waals surface area (Å²) in [6.45, 7) is 0. The molecule has 0 saturated heterocycles. The molecule has 0 spiro atoms. The van der Waals surface area contributed by atoms with Crippen LogP contribution in [0.2, 0.25) is 5.02 Å². The number of benzene rings is 1. The van der Waals surface area contributed by atoms with Gasteiger partial charge in [-0.2, -0.15) is 0 Å². The van der Waals surface area contributed by atoms with E-state index in [0.29, 0.717) is 17.1 Å². The van der Waals surface area contributed by atoms with Crippen LogP contribution < -0.4 is 11.1 Å². The Kier molecular flexibility index (Phi) is 2.56. The lowest BCUT2D eigenvalue weighted by molar-refractivity contribution is -0.115. The first-order valence-corrected chi connectivity index (χ1v) is 5.55. The molecule has 0 aliphatic carbocycles. The Labute approximate surface area is 91.0 Å². The van der Waals surface area contributed by atoms with Gasteiger partial charge in [0, 0.05) is 17.1 Å². The van der Waals surface area contributed by atoms with Crippen molar-refractivity contribution >= 4 is 40.6 Å². The van der Waals surface area contributed by atoms with Crippen LogP contribution in [-0.4, -0.2) is 11.7 Å². The van der Waals surface area contributed by atoms with Crippen molar-refractivity contribution in [3.05, 3.63) is 17.2 Å². The monoisotopic (exact) mass is 228 g/mol. The fourth-order valence-corrected chi connectivity index (χ4v) is 2.46. The highest BCUT2D eigenvalue weighted by Crippen LogP contribution is 2.35. The number of halogens is 1. The van der Waals surface area contributed by atoms with Gasteiger partial charge < -0.3 is 11.1 Å². The van der Waals surface area contributed by atoms with Crippen molar-refractivity contribution in [2.75, 3.05) is 16.8 Å². The maximum atomic E-state index is 11.2. The first kappa shape index (κ1) is 9.68. The number of rotatable bonds is 0. The van der Waals surface area contributed by atoms with E-state index in [2.05, 4.69) is 5.32 Å². The van der Waals surface area contributed by atoms with Crippen molar-refractivity contribution in [3.8, 4) is 0 Å². The average Bonchev–Trinajstić information content (AvgIpc) is 2.28. The number of nitrogens with two attached hydrogens (primary N) is 1. The molecule has 1 amide bonds. The van der Waals surface area contributed by atoms with Gasteiger partial charge in [-0.25, -0.2) is 0 Å². The number of nitrogens with one attached hydrogen (secondary N) is 1. The number of nitrogen functional groups attached to an aromatic ring is 1. The molecule has 1 heterocycles. The molecule has 1 aliphatic heterocycles. The molecule has 1 aromatic carbocycles. The van der Waals surface area contributed by atoms with Crippen LogP contribution in [0.4, 0.5) is 11.4 Å². The zero-order valence-corrected chi connectivity index (χ0v) is 8.91. The molecule has 0 unspecified atom stereocenters. The van der Waals surface area contributed by atoms with Gasteiger partial charge in [-0.15, -0.1) is 11.8 Å². The van der Waals surface area contributed by atoms with E-state index < -0.39 is 0 Å². The Bertz CT molecular complexity index is 395. The van der Waals surface area contributed by atoms with Crippen molar-refractivity contribution in [1.82, 2.24) is 0 Å². The molecule has 3 nitrogen and oxygen atoms in total. The van der Waals surface area contributed by atoms with Crippen molar-refractivity contribution in [1.29, 1.82) is 0 Å². The van der Waals surface area contributed by atoms with Crippen LogP contribution >= 0.6 is 23.4 Å². The predicted octanol–water partition coefficient (Wildman–Crippen LogP) is 2.36. The largest absolute Gasteiger partial charge is 0.397 e. The van der Waals surface area contributed by atoms with Crippen LogP contribution in [0.25, 0.3) is 0 Å². The Balaban J connectivity index is 2.46. The van der Waals surface area contributed by atoms with Crippen LogP contribution in [-0.2, 0) is 4.79 Å². The fourth-order valence-electron chi connectivity index (χ4n) is 1.26. The van der Waals surface area contributed by atoms with Gasteiger partial charge in [0.25, 0.3) is 0 Å². The Hall–Kier alpha value is -0.870. The number of carbonyl (C=O) groups is 1. The molecular formula is C9H9ClN2OS. The standard InChI is InChI=1S/C9H9ClN2OS/c10-5-3-8-7(4-6(5)11)12-9(13)1-2-14-8/h3-4H,1-2,11H2,(H,12,13). The van der Waals surface area contributed by atoms with E-state index >= 15 is 0 Å². The van der Waals surface area contributed by atoms with E-state index in [0.717, 1.165) is 16.3 Å². The minimum Gasteiger partial charge on any atom is -0.397 e. The van der Waals surface area contributed by atoms with Gasteiger partial charge in [0.05, 0.1) is 16.4 Å². The Morgan fingerprint density at radius 1 is 1.50 bits per heavy atom. The van der Waals surface area contributed by atoms with Gasteiger partial charge in [-0.05, 0) is 12.1 Å². The summed E-state index contributed by atoms with van der Waals surface area (Å²) in [6, 6.07) is 3.50. The molecule has 0 aromatic heterocycles. The third kappa shape index (κ3) is 1.81. The fraction of sp³-hybridized carbons (Fsp3) is 0.222. The number of amides is 1. The highest BCUT2D eigenvalue weighted by Gasteiger charge is 2.14. The Morgan fingerprint density at radius 2 is 2.29 bits per heavy atom. The van der Waals surface area contributed by atoms with Gasteiger partial charge in [0.1, 0.15) is 0 Å². The van der Waals surface area contributed by atoms with Crippen molar-refractivity contribution in [2.24, 2.45) is 0 Å². The minimum absolute atomic E-state index is 0.0259. The van der Waals surface area contributed by atoms with E-state index in [-0.39, 0.29) is 5.91 Å². The topological polar surface area (TPSA) is 55.1 Å². The van der Waals surface area contributed by atoms with E-state index in [4.69, 9.17) is 17.3 Å². The summed E-state index contributed by atoms with van der Waals surface area (Å²) in [5, 5.41) is 3.33. The number of hydrogen-bond acceptors (Lipinski definition) is 3. The van der Waals surface area contributed by atoms with Gasteiger partial charge in [0.2, 0.25) is 5.91 Å². The van der Waals surface area contributed by atoms with Crippen LogP contribution in [0, 0.1) is 0 Å². The highest BCUT2D eigenvalue weighted by atomic mass is 35.5. The van der Waals surface area contributed by atoms with Gasteiger partial charge in [-0.3, -0.25) is 4.79 Å². The second-order valence-electron chi connectivity index (χ2n) is 3.02. The van der Waals surface area contributed by atoms with E-state index in [1.54, 1.807) is 23.9 Å². The molecule has 0 radical (unpaired) electrons. The van der Waals surface area contributed by atoms with E-state index in [1.165, 1.54) is 0 Å². The molecular weight excluding hydrogens is 220 g/mol. The first-order chi connectivity index (χ1) is 6.66. The minimum atomic E-state index is 0.0259. The SMILES string of the molecule is Nc1cc2c(cc1Cl)SCCC(=O)N2. The second kappa shape index (κ2) is 3.71. The number of fused-ring (bicyclic) bond motifs is 1. The quantitative estimate of drug-likeness (QED) is 0.671. The Morgan fingerprint density at radius 3 is 3.07 bits per heavy atom. The number of anilines is 2. The average molecular weight is 229 g/mol. The molecule has 0 bridgehead atoms. The summed E-state index contributed by atoms with van der Waals surface area (Å²) in [7, 11) is 0. The van der Waals surface area contributed by atoms with Crippen LogP contribution in [0.1, 0.15) is 6.42 Å². The number of carbonyl (C=O) groups excluding carboxylic acids is 1. The molecule has 14 heavy (non-hydrogen) atoms. The van der Waals surface area contributed by atoms with Gasteiger partial charge in [0.15, 0.2) is 0 Å². The molecule has 1 aliphatic rings. The van der Waals surface area contributed by atoms with Crippen molar-refractivity contribution in [2.45, 2.75) is 11.3 Å². The predicted molar refractivity (Wildman–Crippen MR) is 59.8 cm³/mol. The summed E-state index contributed by atoms with van der Waals surface area (Å²) in [5.41, 5.74) is 6.90. The maximum absolute atomic E-state index is 11.2. The second-order valence-corrected chi connectivity index (χ2v) is 4.56. The molecule has 0 saturated carbocycles. The summed E-state index contributed by atoms with van der Waals surface area (Å²) in [5.74, 6) is 0.803. The maximum Gasteiger partial charge on any atom is 0.225 e. The summed E-state index contributed by atoms with van der Waals surface area (Å²) < 4.78 is 0. The smallest absolute Gasteiger partial charge is 0.225 e. The summed E-state index contributed by atoms with van der Waals surface area (Å²) in [6.07, 6.45) is 0.525. The zero-order chi connectivity index (χ0) is 10.1. The summed E-state index contributed by atoms with van der Waals surface area (Å²) >= 11 is 7.50.